The van der Waals surface area contributed by atoms with Crippen LogP contribution in [0.2, 0.25) is 0 Å². The second-order valence-corrected chi connectivity index (χ2v) is 11.0. The third-order valence-electron chi connectivity index (χ3n) is 7.00. The molecule has 0 unspecified atom stereocenters. The Bertz CT molecular complexity index is 1640. The molecule has 0 bridgehead atoms. The molecule has 5 rings (SSSR count). The van der Waals surface area contributed by atoms with Crippen molar-refractivity contribution in [3.63, 3.8) is 0 Å². The Kier molecular flexibility index (Phi) is 9.51. The Balaban J connectivity index is 1.27. The Morgan fingerprint density at radius 2 is 1.64 bits per heavy atom. The Labute approximate surface area is 250 Å². The second-order valence-electron chi connectivity index (χ2n) is 9.71. The number of hydrogen-bond donors (Lipinski definition) is 2. The van der Waals surface area contributed by atoms with Crippen LogP contribution >= 0.6 is 11.8 Å². The molecule has 1 amide bonds. The molecule has 0 spiro atoms. The molecule has 214 valence electrons. The van der Waals surface area contributed by atoms with Crippen LogP contribution in [0.5, 0.6) is 0 Å². The summed E-state index contributed by atoms with van der Waals surface area (Å²) in [7, 11) is 0. The van der Waals surface area contributed by atoms with Gasteiger partial charge in [0.15, 0.2) is 11.0 Å². The van der Waals surface area contributed by atoms with Gasteiger partial charge in [-0.15, -0.1) is 10.2 Å². The first-order valence-corrected chi connectivity index (χ1v) is 15.0. The molecule has 1 aromatic heterocycles. The maximum atomic E-state index is 12.9. The van der Waals surface area contributed by atoms with Gasteiger partial charge in [-0.2, -0.15) is 5.10 Å². The molecule has 0 aliphatic heterocycles. The van der Waals surface area contributed by atoms with E-state index >= 15 is 0 Å². The number of nitrogens with one attached hydrogen (secondary N) is 2. The van der Waals surface area contributed by atoms with Crippen molar-refractivity contribution >= 4 is 46.0 Å². The van der Waals surface area contributed by atoms with Crippen LogP contribution in [0.1, 0.15) is 32.2 Å². The fraction of sp³-hybridized carbons (Fsp3) is 0.212. The molecule has 0 fully saturated rings. The molecule has 9 heteroatoms. The molecule has 0 aliphatic rings. The molecule has 1 heterocycles. The predicted molar refractivity (Wildman–Crippen MR) is 174 cm³/mol. The summed E-state index contributed by atoms with van der Waals surface area (Å²) in [6.07, 6.45) is 1.66. The third kappa shape index (κ3) is 6.80. The van der Waals surface area contributed by atoms with Crippen molar-refractivity contribution in [1.29, 1.82) is 0 Å². The SMILES string of the molecule is CCN(CC)c1ccc(/C=N\NC(=O)[C@H](C)Sc2nnc(CNc3cccc4ccccc34)n2-c2ccccc2)cc1. The van der Waals surface area contributed by atoms with Crippen molar-refractivity contribution in [1.82, 2.24) is 20.2 Å². The fourth-order valence-corrected chi connectivity index (χ4v) is 5.59. The van der Waals surface area contributed by atoms with Crippen LogP contribution in [0, 0.1) is 0 Å². The smallest absolute Gasteiger partial charge is 0.253 e. The minimum Gasteiger partial charge on any atom is -0.377 e. The molecule has 5 aromatic rings. The number of nitrogens with zero attached hydrogens (tertiary/aromatic N) is 5. The zero-order valence-electron chi connectivity index (χ0n) is 24.1. The number of fused-ring (bicyclic) bond motifs is 1. The highest BCUT2D eigenvalue weighted by atomic mass is 32.2. The number of carbonyl (C=O) groups excluding carboxylic acids is 1. The Morgan fingerprint density at radius 1 is 0.929 bits per heavy atom. The maximum Gasteiger partial charge on any atom is 0.253 e. The first kappa shape index (κ1) is 28.9. The predicted octanol–water partition coefficient (Wildman–Crippen LogP) is 6.51. The highest BCUT2D eigenvalue weighted by Gasteiger charge is 2.21. The number of benzene rings is 4. The van der Waals surface area contributed by atoms with Crippen LogP contribution in [0.3, 0.4) is 0 Å². The van der Waals surface area contributed by atoms with Gasteiger partial charge in [-0.1, -0.05) is 78.5 Å². The molecular weight excluding hydrogens is 542 g/mol. The van der Waals surface area contributed by atoms with Crippen LogP contribution in [0.25, 0.3) is 16.5 Å². The van der Waals surface area contributed by atoms with Gasteiger partial charge in [-0.05, 0) is 62.1 Å². The van der Waals surface area contributed by atoms with Crippen molar-refractivity contribution < 1.29 is 4.79 Å². The summed E-state index contributed by atoms with van der Waals surface area (Å²) in [4.78, 5) is 15.2. The second kappa shape index (κ2) is 13.8. The van der Waals surface area contributed by atoms with Crippen molar-refractivity contribution in [2.75, 3.05) is 23.3 Å². The van der Waals surface area contributed by atoms with Gasteiger partial charge in [0.2, 0.25) is 0 Å². The van der Waals surface area contributed by atoms with E-state index in [-0.39, 0.29) is 5.91 Å². The summed E-state index contributed by atoms with van der Waals surface area (Å²) in [5.74, 6) is 0.532. The number of amides is 1. The molecular formula is C33H35N7OS. The van der Waals surface area contributed by atoms with E-state index in [0.717, 1.165) is 41.2 Å². The average molecular weight is 578 g/mol. The van der Waals surface area contributed by atoms with Gasteiger partial charge in [0.1, 0.15) is 0 Å². The molecule has 42 heavy (non-hydrogen) atoms. The van der Waals surface area contributed by atoms with Gasteiger partial charge < -0.3 is 10.2 Å². The third-order valence-corrected chi connectivity index (χ3v) is 8.05. The zero-order chi connectivity index (χ0) is 29.3. The molecule has 8 nitrogen and oxygen atoms in total. The van der Waals surface area contributed by atoms with Crippen LogP contribution in [0.4, 0.5) is 11.4 Å². The van der Waals surface area contributed by atoms with E-state index in [1.54, 1.807) is 6.21 Å². The number of rotatable bonds is 12. The van der Waals surface area contributed by atoms with Crippen LogP contribution in [-0.4, -0.2) is 45.2 Å². The molecule has 0 aliphatic carbocycles. The van der Waals surface area contributed by atoms with E-state index < -0.39 is 5.25 Å². The quantitative estimate of drug-likeness (QED) is 0.0999. The lowest BCUT2D eigenvalue weighted by molar-refractivity contribution is -0.120. The van der Waals surface area contributed by atoms with Gasteiger partial charge >= 0.3 is 0 Å². The average Bonchev–Trinajstić information content (AvgIpc) is 3.43. The number of hydrogen-bond acceptors (Lipinski definition) is 7. The van der Waals surface area contributed by atoms with E-state index in [2.05, 4.69) is 81.2 Å². The van der Waals surface area contributed by atoms with E-state index in [9.17, 15) is 4.79 Å². The van der Waals surface area contributed by atoms with Crippen molar-refractivity contribution in [2.45, 2.75) is 37.7 Å². The number of para-hydroxylation sites is 1. The van der Waals surface area contributed by atoms with E-state index in [4.69, 9.17) is 0 Å². The van der Waals surface area contributed by atoms with Crippen LogP contribution in [-0.2, 0) is 11.3 Å². The van der Waals surface area contributed by atoms with Crippen LogP contribution < -0.4 is 15.6 Å². The Hall–Kier alpha value is -4.63. The molecule has 0 saturated heterocycles. The fourth-order valence-electron chi connectivity index (χ4n) is 4.71. The van der Waals surface area contributed by atoms with Gasteiger partial charge in [0.25, 0.3) is 5.91 Å². The summed E-state index contributed by atoms with van der Waals surface area (Å²) in [6, 6.07) is 32.5. The normalized spacial score (nSPS) is 12.0. The van der Waals surface area contributed by atoms with Crippen molar-refractivity contribution in [3.05, 3.63) is 108 Å². The summed E-state index contributed by atoms with van der Waals surface area (Å²) in [5, 5.41) is 19.2. The maximum absolute atomic E-state index is 12.9. The number of hydrazone groups is 1. The largest absolute Gasteiger partial charge is 0.377 e. The highest BCUT2D eigenvalue weighted by Crippen LogP contribution is 2.28. The number of carbonyl (C=O) groups is 1. The highest BCUT2D eigenvalue weighted by molar-refractivity contribution is 8.00. The molecule has 4 aromatic carbocycles. The number of thioether (sulfide) groups is 1. The van der Waals surface area contributed by atoms with Crippen LogP contribution in [0.15, 0.2) is 107 Å². The van der Waals surface area contributed by atoms with E-state index in [0.29, 0.717) is 11.7 Å². The molecule has 0 radical (unpaired) electrons. The number of anilines is 2. The summed E-state index contributed by atoms with van der Waals surface area (Å²) in [6.45, 7) is 8.49. The van der Waals surface area contributed by atoms with Crippen molar-refractivity contribution in [2.24, 2.45) is 5.10 Å². The number of aromatic nitrogens is 3. The van der Waals surface area contributed by atoms with Gasteiger partial charge in [-0.25, -0.2) is 5.43 Å². The molecule has 2 N–H and O–H groups in total. The summed E-state index contributed by atoms with van der Waals surface area (Å²) >= 11 is 1.34. The standard InChI is InChI=1S/C33H35N7OS/c1-4-39(5-2)27-20-18-25(19-21-27)22-35-37-32(41)24(3)42-33-38-36-31(40(33)28-14-7-6-8-15-28)23-34-30-17-11-13-26-12-9-10-16-29(26)30/h6-22,24,34H,4-5,23H2,1-3H3,(H,37,41)/b35-22-/t24-/m0/s1. The van der Waals surface area contributed by atoms with Gasteiger partial charge in [-0.3, -0.25) is 9.36 Å². The minimum atomic E-state index is -0.447. The zero-order valence-corrected chi connectivity index (χ0v) is 24.9. The molecule has 0 saturated carbocycles. The lowest BCUT2D eigenvalue weighted by Gasteiger charge is -2.20. The van der Waals surface area contributed by atoms with Gasteiger partial charge in [0.05, 0.1) is 18.0 Å². The van der Waals surface area contributed by atoms with Crippen molar-refractivity contribution in [3.8, 4) is 5.69 Å². The Morgan fingerprint density at radius 3 is 2.40 bits per heavy atom. The van der Waals surface area contributed by atoms with Gasteiger partial charge in [0, 0.05) is 35.5 Å². The monoisotopic (exact) mass is 577 g/mol. The lowest BCUT2D eigenvalue weighted by atomic mass is 10.1. The topological polar surface area (TPSA) is 87.4 Å². The minimum absolute atomic E-state index is 0.214. The van der Waals surface area contributed by atoms with E-state index in [1.807, 2.05) is 72.2 Å². The lowest BCUT2D eigenvalue weighted by Crippen LogP contribution is -2.27. The summed E-state index contributed by atoms with van der Waals surface area (Å²) in [5.41, 5.74) is 6.71. The molecule has 1 atom stereocenters. The first-order valence-electron chi connectivity index (χ1n) is 14.1. The summed E-state index contributed by atoms with van der Waals surface area (Å²) < 4.78 is 1.99. The van der Waals surface area contributed by atoms with E-state index in [1.165, 1.54) is 22.8 Å². The first-order chi connectivity index (χ1) is 20.6.